The fourth-order valence-corrected chi connectivity index (χ4v) is 3.50. The third-order valence-electron chi connectivity index (χ3n) is 4.40. The highest BCUT2D eigenvalue weighted by Crippen LogP contribution is 2.28. The van der Waals surface area contributed by atoms with Gasteiger partial charge in [0.2, 0.25) is 11.8 Å². The lowest BCUT2D eigenvalue weighted by Gasteiger charge is -2.17. The van der Waals surface area contributed by atoms with E-state index < -0.39 is 0 Å². The van der Waals surface area contributed by atoms with Crippen LogP contribution in [0.15, 0.2) is 46.9 Å². The average molecular weight is 417 g/mol. The van der Waals surface area contributed by atoms with Crippen LogP contribution in [-0.2, 0) is 9.59 Å². The Morgan fingerprint density at radius 1 is 1.27 bits per heavy atom. The molecular formula is C20H21BrN2O3. The second-order valence-electron chi connectivity index (χ2n) is 6.28. The molecule has 2 aromatic carbocycles. The molecule has 1 aliphatic heterocycles. The zero-order chi connectivity index (χ0) is 18.7. The standard InChI is InChI=1S/C20H21BrN2O3/c1-3-26-17-7-5-16(6-8-17)23-12-14(11-19(23)24)20(25)22-18-9-4-15(21)10-13(18)2/h4-10,14H,3,11-12H2,1-2H3,(H,22,25). The summed E-state index contributed by atoms with van der Waals surface area (Å²) < 4.78 is 6.39. The summed E-state index contributed by atoms with van der Waals surface area (Å²) in [6.07, 6.45) is 0.217. The number of halogens is 1. The molecule has 0 aliphatic carbocycles. The number of benzene rings is 2. The molecule has 2 aromatic rings. The van der Waals surface area contributed by atoms with Gasteiger partial charge in [-0.3, -0.25) is 9.59 Å². The number of nitrogens with one attached hydrogen (secondary N) is 1. The van der Waals surface area contributed by atoms with Crippen molar-refractivity contribution in [2.45, 2.75) is 20.3 Å². The lowest BCUT2D eigenvalue weighted by atomic mass is 10.1. The number of aryl methyl sites for hydroxylation is 1. The molecule has 1 aliphatic rings. The molecule has 2 amide bonds. The summed E-state index contributed by atoms with van der Waals surface area (Å²) in [5.41, 5.74) is 2.53. The quantitative estimate of drug-likeness (QED) is 0.796. The molecule has 1 unspecified atom stereocenters. The average Bonchev–Trinajstić information content (AvgIpc) is 3.00. The normalized spacial score (nSPS) is 16.7. The molecule has 6 heteroatoms. The predicted molar refractivity (Wildman–Crippen MR) is 106 cm³/mol. The number of carbonyl (C=O) groups is 2. The van der Waals surface area contributed by atoms with Gasteiger partial charge in [0, 0.05) is 28.8 Å². The molecule has 1 atom stereocenters. The maximum atomic E-state index is 12.6. The Morgan fingerprint density at radius 2 is 2.00 bits per heavy atom. The molecule has 0 saturated carbocycles. The number of hydrogen-bond donors (Lipinski definition) is 1. The van der Waals surface area contributed by atoms with Crippen molar-refractivity contribution in [3.63, 3.8) is 0 Å². The topological polar surface area (TPSA) is 58.6 Å². The fourth-order valence-electron chi connectivity index (χ4n) is 3.02. The number of amides is 2. The fraction of sp³-hybridized carbons (Fsp3) is 0.300. The van der Waals surface area contributed by atoms with Gasteiger partial charge in [0.1, 0.15) is 5.75 Å². The lowest BCUT2D eigenvalue weighted by Crippen LogP contribution is -2.28. The first-order valence-electron chi connectivity index (χ1n) is 8.58. The summed E-state index contributed by atoms with van der Waals surface area (Å²) in [6.45, 7) is 4.84. The highest BCUT2D eigenvalue weighted by molar-refractivity contribution is 9.10. The summed E-state index contributed by atoms with van der Waals surface area (Å²) in [5, 5.41) is 2.94. The van der Waals surface area contributed by atoms with E-state index in [4.69, 9.17) is 4.74 Å². The van der Waals surface area contributed by atoms with Crippen molar-refractivity contribution in [1.82, 2.24) is 0 Å². The van der Waals surface area contributed by atoms with Crippen LogP contribution in [0.3, 0.4) is 0 Å². The summed E-state index contributed by atoms with van der Waals surface area (Å²) in [4.78, 5) is 26.6. The van der Waals surface area contributed by atoms with Crippen molar-refractivity contribution in [2.24, 2.45) is 5.92 Å². The van der Waals surface area contributed by atoms with E-state index in [1.54, 1.807) is 4.90 Å². The van der Waals surface area contributed by atoms with E-state index in [0.717, 1.165) is 27.2 Å². The monoisotopic (exact) mass is 416 g/mol. The summed E-state index contributed by atoms with van der Waals surface area (Å²) in [6, 6.07) is 13.1. The summed E-state index contributed by atoms with van der Waals surface area (Å²) in [7, 11) is 0. The number of anilines is 2. The van der Waals surface area contributed by atoms with Gasteiger partial charge in [0.25, 0.3) is 0 Å². The van der Waals surface area contributed by atoms with Crippen molar-refractivity contribution in [1.29, 1.82) is 0 Å². The van der Waals surface area contributed by atoms with Gasteiger partial charge in [-0.2, -0.15) is 0 Å². The van der Waals surface area contributed by atoms with E-state index in [1.165, 1.54) is 0 Å². The number of ether oxygens (including phenoxy) is 1. The van der Waals surface area contributed by atoms with E-state index >= 15 is 0 Å². The maximum absolute atomic E-state index is 12.6. The Bertz CT molecular complexity index is 820. The molecule has 1 heterocycles. The van der Waals surface area contributed by atoms with Crippen molar-refractivity contribution >= 4 is 39.1 Å². The van der Waals surface area contributed by atoms with Crippen LogP contribution in [0.2, 0.25) is 0 Å². The second-order valence-corrected chi connectivity index (χ2v) is 7.20. The molecule has 1 saturated heterocycles. The first-order chi connectivity index (χ1) is 12.5. The third kappa shape index (κ3) is 4.07. The van der Waals surface area contributed by atoms with Crippen LogP contribution >= 0.6 is 15.9 Å². The summed E-state index contributed by atoms with van der Waals surface area (Å²) in [5.74, 6) is 0.235. The lowest BCUT2D eigenvalue weighted by molar-refractivity contribution is -0.122. The Hall–Kier alpha value is -2.34. The molecule has 1 fully saturated rings. The van der Waals surface area contributed by atoms with Crippen LogP contribution in [0, 0.1) is 12.8 Å². The minimum absolute atomic E-state index is 0.0400. The van der Waals surface area contributed by atoms with Crippen molar-refractivity contribution in [3.8, 4) is 5.75 Å². The van der Waals surface area contributed by atoms with Gasteiger partial charge >= 0.3 is 0 Å². The van der Waals surface area contributed by atoms with E-state index in [9.17, 15) is 9.59 Å². The van der Waals surface area contributed by atoms with Crippen LogP contribution in [0.5, 0.6) is 5.75 Å². The molecule has 1 N–H and O–H groups in total. The van der Waals surface area contributed by atoms with Crippen LogP contribution in [0.4, 0.5) is 11.4 Å². The van der Waals surface area contributed by atoms with Gasteiger partial charge in [-0.1, -0.05) is 15.9 Å². The third-order valence-corrected chi connectivity index (χ3v) is 4.89. The molecule has 136 valence electrons. The van der Waals surface area contributed by atoms with Crippen molar-refractivity contribution in [3.05, 3.63) is 52.5 Å². The Morgan fingerprint density at radius 3 is 2.65 bits per heavy atom. The van der Waals surface area contributed by atoms with Gasteiger partial charge < -0.3 is 15.0 Å². The second kappa shape index (κ2) is 7.91. The van der Waals surface area contributed by atoms with E-state index in [0.29, 0.717) is 13.2 Å². The maximum Gasteiger partial charge on any atom is 0.229 e. The number of rotatable bonds is 5. The summed E-state index contributed by atoms with van der Waals surface area (Å²) >= 11 is 3.41. The number of nitrogens with zero attached hydrogens (tertiary/aromatic N) is 1. The predicted octanol–water partition coefficient (Wildman–Crippen LogP) is 4.15. The molecule has 3 rings (SSSR count). The molecule has 0 radical (unpaired) electrons. The highest BCUT2D eigenvalue weighted by atomic mass is 79.9. The molecular weight excluding hydrogens is 396 g/mol. The zero-order valence-corrected chi connectivity index (χ0v) is 16.4. The van der Waals surface area contributed by atoms with Gasteiger partial charge in [0.15, 0.2) is 0 Å². The number of hydrogen-bond acceptors (Lipinski definition) is 3. The van der Waals surface area contributed by atoms with Crippen molar-refractivity contribution in [2.75, 3.05) is 23.4 Å². The SMILES string of the molecule is CCOc1ccc(N2CC(C(=O)Nc3ccc(Br)cc3C)CC2=O)cc1. The van der Waals surface area contributed by atoms with Gasteiger partial charge in [-0.05, 0) is 61.9 Å². The minimum atomic E-state index is -0.364. The first kappa shape index (κ1) is 18.5. The van der Waals surface area contributed by atoms with Crippen LogP contribution < -0.4 is 15.0 Å². The molecule has 0 aromatic heterocycles. The van der Waals surface area contributed by atoms with Gasteiger partial charge in [-0.15, -0.1) is 0 Å². The van der Waals surface area contributed by atoms with E-state index in [-0.39, 0.29) is 24.2 Å². The van der Waals surface area contributed by atoms with E-state index in [1.807, 2.05) is 56.3 Å². The van der Waals surface area contributed by atoms with Crippen LogP contribution in [-0.4, -0.2) is 25.0 Å². The molecule has 26 heavy (non-hydrogen) atoms. The number of carbonyl (C=O) groups excluding carboxylic acids is 2. The Kier molecular flexibility index (Phi) is 5.61. The van der Waals surface area contributed by atoms with Gasteiger partial charge in [0.05, 0.1) is 12.5 Å². The Labute approximate surface area is 161 Å². The van der Waals surface area contributed by atoms with Crippen molar-refractivity contribution < 1.29 is 14.3 Å². The largest absolute Gasteiger partial charge is 0.494 e. The van der Waals surface area contributed by atoms with Crippen LogP contribution in [0.25, 0.3) is 0 Å². The molecule has 5 nitrogen and oxygen atoms in total. The van der Waals surface area contributed by atoms with Crippen LogP contribution in [0.1, 0.15) is 18.9 Å². The Balaban J connectivity index is 1.67. The molecule has 0 spiro atoms. The zero-order valence-electron chi connectivity index (χ0n) is 14.8. The smallest absolute Gasteiger partial charge is 0.229 e. The molecule has 0 bridgehead atoms. The van der Waals surface area contributed by atoms with Gasteiger partial charge in [-0.25, -0.2) is 0 Å². The first-order valence-corrected chi connectivity index (χ1v) is 9.37. The van der Waals surface area contributed by atoms with E-state index in [2.05, 4.69) is 21.2 Å². The highest BCUT2D eigenvalue weighted by Gasteiger charge is 2.35. The minimum Gasteiger partial charge on any atom is -0.494 e.